The van der Waals surface area contributed by atoms with E-state index in [4.69, 9.17) is 16.3 Å². The molecular weight excluding hydrogens is 386 g/mol. The number of ether oxygens (including phenoxy) is 1. The first-order valence-electron chi connectivity index (χ1n) is 9.47. The van der Waals surface area contributed by atoms with Crippen molar-refractivity contribution in [3.63, 3.8) is 0 Å². The summed E-state index contributed by atoms with van der Waals surface area (Å²) in [5, 5.41) is 5.06. The fourth-order valence-electron chi connectivity index (χ4n) is 3.19. The Bertz CT molecular complexity index is 1020. The predicted molar refractivity (Wildman–Crippen MR) is 117 cm³/mol. The van der Waals surface area contributed by atoms with E-state index in [2.05, 4.69) is 10.5 Å². The highest BCUT2D eigenvalue weighted by molar-refractivity contribution is 6.30. The molecule has 5 nitrogen and oxygen atoms in total. The van der Waals surface area contributed by atoms with Crippen LogP contribution in [0.4, 0.5) is 0 Å². The average Bonchev–Trinajstić information content (AvgIpc) is 3.00. The molecule has 0 saturated carbocycles. The lowest BCUT2D eigenvalue weighted by Crippen LogP contribution is -2.11. The van der Waals surface area contributed by atoms with Gasteiger partial charge in [0.25, 0.3) is 0 Å². The van der Waals surface area contributed by atoms with E-state index in [1.807, 2.05) is 66.9 Å². The third kappa shape index (κ3) is 4.87. The van der Waals surface area contributed by atoms with Gasteiger partial charge in [-0.05, 0) is 56.7 Å². The molecule has 0 aliphatic carbocycles. The molecule has 3 rings (SSSR count). The molecule has 0 bridgehead atoms. The Hall–Kier alpha value is -3.05. The normalized spacial score (nSPS) is 11.0. The van der Waals surface area contributed by atoms with Gasteiger partial charge >= 0.3 is 5.97 Å². The minimum Gasteiger partial charge on any atom is -0.462 e. The number of hydrogen-bond acceptors (Lipinski definition) is 4. The second-order valence-electron chi connectivity index (χ2n) is 6.62. The van der Waals surface area contributed by atoms with Crippen LogP contribution in [0.15, 0.2) is 59.7 Å². The molecule has 2 aromatic carbocycles. The van der Waals surface area contributed by atoms with Gasteiger partial charge in [0.2, 0.25) is 0 Å². The van der Waals surface area contributed by atoms with Crippen molar-refractivity contribution in [2.45, 2.75) is 27.3 Å². The Morgan fingerprint density at radius 3 is 2.62 bits per heavy atom. The van der Waals surface area contributed by atoms with Crippen molar-refractivity contribution >= 4 is 23.8 Å². The smallest absolute Gasteiger partial charge is 0.340 e. The third-order valence-electron chi connectivity index (χ3n) is 4.60. The van der Waals surface area contributed by atoms with Gasteiger partial charge in [0, 0.05) is 22.0 Å². The second kappa shape index (κ2) is 9.43. The Morgan fingerprint density at radius 2 is 1.90 bits per heavy atom. The van der Waals surface area contributed by atoms with Crippen LogP contribution in [0.5, 0.6) is 0 Å². The highest BCUT2D eigenvalue weighted by atomic mass is 35.5. The Balaban J connectivity index is 1.80. The second-order valence-corrected chi connectivity index (χ2v) is 7.06. The fraction of sp³-hybridized carbons (Fsp3) is 0.217. The van der Waals surface area contributed by atoms with E-state index in [1.165, 1.54) is 0 Å². The fourth-order valence-corrected chi connectivity index (χ4v) is 3.32. The highest BCUT2D eigenvalue weighted by Crippen LogP contribution is 2.23. The van der Waals surface area contributed by atoms with E-state index in [0.29, 0.717) is 23.7 Å². The molecule has 0 spiro atoms. The number of halogens is 1. The molecular formula is C23H24ClN3O2. The summed E-state index contributed by atoms with van der Waals surface area (Å²) in [4.78, 5) is 12.4. The summed E-state index contributed by atoms with van der Waals surface area (Å²) in [5.74, 6) is -0.324. The monoisotopic (exact) mass is 409 g/mol. The number of carbonyl (C=O) groups excluding carboxylic acids is 1. The molecule has 3 aromatic rings. The minimum absolute atomic E-state index is 0.324. The van der Waals surface area contributed by atoms with Gasteiger partial charge in [-0.2, -0.15) is 5.10 Å². The number of hydrazone groups is 1. The van der Waals surface area contributed by atoms with Crippen LogP contribution in [-0.4, -0.2) is 23.4 Å². The van der Waals surface area contributed by atoms with E-state index in [9.17, 15) is 4.79 Å². The van der Waals surface area contributed by atoms with E-state index in [1.54, 1.807) is 19.2 Å². The molecule has 1 heterocycles. The largest absolute Gasteiger partial charge is 0.462 e. The van der Waals surface area contributed by atoms with E-state index in [-0.39, 0.29) is 5.97 Å². The van der Waals surface area contributed by atoms with Crippen molar-refractivity contribution in [2.75, 3.05) is 6.61 Å². The maximum absolute atomic E-state index is 12.4. The first-order valence-corrected chi connectivity index (χ1v) is 9.85. The zero-order valence-corrected chi connectivity index (χ0v) is 17.5. The van der Waals surface area contributed by atoms with Gasteiger partial charge in [0.15, 0.2) is 0 Å². The Kier molecular flexibility index (Phi) is 6.73. The van der Waals surface area contributed by atoms with Gasteiger partial charge in [-0.3, -0.25) is 0 Å². The lowest BCUT2D eigenvalue weighted by Gasteiger charge is -2.14. The van der Waals surface area contributed by atoms with Gasteiger partial charge in [-0.25, -0.2) is 4.79 Å². The van der Waals surface area contributed by atoms with Crippen LogP contribution >= 0.6 is 11.6 Å². The zero-order chi connectivity index (χ0) is 20.8. The number of aryl methyl sites for hydroxylation is 1. The van der Waals surface area contributed by atoms with Crippen molar-refractivity contribution < 1.29 is 9.53 Å². The van der Waals surface area contributed by atoms with Gasteiger partial charge in [0.1, 0.15) is 0 Å². The first kappa shape index (κ1) is 20.7. The standard InChI is InChI=1S/C23H24ClN3O2/c1-4-29-23(28)21-7-5-6-8-22(21)27-16(2)13-19(17(27)3)15-26-25-14-18-9-11-20(24)12-10-18/h5-13,15,25H,4,14H2,1-3H3/b26-15-. The molecule has 0 aliphatic rings. The summed E-state index contributed by atoms with van der Waals surface area (Å²) in [6.45, 7) is 6.77. The summed E-state index contributed by atoms with van der Waals surface area (Å²) in [7, 11) is 0. The molecule has 1 N–H and O–H groups in total. The molecule has 0 radical (unpaired) electrons. The first-order chi connectivity index (χ1) is 14.0. The molecule has 29 heavy (non-hydrogen) atoms. The summed E-state index contributed by atoms with van der Waals surface area (Å²) in [5.41, 5.74) is 8.48. The third-order valence-corrected chi connectivity index (χ3v) is 4.85. The number of benzene rings is 2. The predicted octanol–water partition coefficient (Wildman–Crippen LogP) is 5.05. The maximum atomic E-state index is 12.4. The molecule has 0 aliphatic heterocycles. The molecule has 0 atom stereocenters. The molecule has 0 unspecified atom stereocenters. The number of para-hydroxylation sites is 1. The molecule has 1 aromatic heterocycles. The zero-order valence-electron chi connectivity index (χ0n) is 16.8. The number of hydrogen-bond donors (Lipinski definition) is 1. The van der Waals surface area contributed by atoms with Gasteiger partial charge in [-0.15, -0.1) is 0 Å². The van der Waals surface area contributed by atoms with Crippen molar-refractivity contribution in [3.8, 4) is 5.69 Å². The van der Waals surface area contributed by atoms with Crippen molar-refractivity contribution in [1.29, 1.82) is 0 Å². The van der Waals surface area contributed by atoms with Crippen LogP contribution < -0.4 is 5.43 Å². The molecule has 0 fully saturated rings. The van der Waals surface area contributed by atoms with Gasteiger partial charge in [-0.1, -0.05) is 35.9 Å². The number of nitrogens with one attached hydrogen (secondary N) is 1. The summed E-state index contributed by atoms with van der Waals surface area (Å²) >= 11 is 5.90. The topological polar surface area (TPSA) is 55.6 Å². The number of aromatic nitrogens is 1. The van der Waals surface area contributed by atoms with Crippen molar-refractivity contribution in [3.05, 3.63) is 87.7 Å². The molecule has 6 heteroatoms. The quantitative estimate of drug-likeness (QED) is 0.337. The summed E-state index contributed by atoms with van der Waals surface area (Å²) in [6.07, 6.45) is 1.79. The van der Waals surface area contributed by atoms with Crippen LogP contribution in [-0.2, 0) is 11.3 Å². The van der Waals surface area contributed by atoms with Crippen LogP contribution in [0.2, 0.25) is 5.02 Å². The van der Waals surface area contributed by atoms with E-state index < -0.39 is 0 Å². The van der Waals surface area contributed by atoms with Crippen LogP contribution in [0.3, 0.4) is 0 Å². The minimum atomic E-state index is -0.324. The van der Waals surface area contributed by atoms with Crippen LogP contribution in [0.25, 0.3) is 5.69 Å². The summed E-state index contributed by atoms with van der Waals surface area (Å²) in [6, 6.07) is 17.1. The van der Waals surface area contributed by atoms with Gasteiger partial charge < -0.3 is 14.7 Å². The van der Waals surface area contributed by atoms with Gasteiger partial charge in [0.05, 0.1) is 30.6 Å². The summed E-state index contributed by atoms with van der Waals surface area (Å²) < 4.78 is 7.26. The Morgan fingerprint density at radius 1 is 1.17 bits per heavy atom. The Labute approximate surface area is 176 Å². The average molecular weight is 410 g/mol. The number of nitrogens with zero attached hydrogens (tertiary/aromatic N) is 2. The SMILES string of the molecule is CCOC(=O)c1ccccc1-n1c(C)cc(/C=N\NCc2ccc(Cl)cc2)c1C. The molecule has 150 valence electrons. The van der Waals surface area contributed by atoms with E-state index >= 15 is 0 Å². The number of carbonyl (C=O) groups is 1. The molecule has 0 amide bonds. The lowest BCUT2D eigenvalue weighted by molar-refractivity contribution is 0.0526. The molecule has 0 saturated heterocycles. The van der Waals surface area contributed by atoms with E-state index in [0.717, 1.165) is 28.2 Å². The number of esters is 1. The maximum Gasteiger partial charge on any atom is 0.340 e. The lowest BCUT2D eigenvalue weighted by atomic mass is 10.1. The van der Waals surface area contributed by atoms with Crippen LogP contribution in [0, 0.1) is 13.8 Å². The van der Waals surface area contributed by atoms with Crippen molar-refractivity contribution in [2.24, 2.45) is 5.10 Å². The van der Waals surface area contributed by atoms with Crippen LogP contribution in [0.1, 0.15) is 39.8 Å². The van der Waals surface area contributed by atoms with Crippen molar-refractivity contribution in [1.82, 2.24) is 9.99 Å². The number of rotatable bonds is 7. The highest BCUT2D eigenvalue weighted by Gasteiger charge is 2.17.